The lowest BCUT2D eigenvalue weighted by atomic mass is 10.4. The van der Waals surface area contributed by atoms with E-state index in [4.69, 9.17) is 14.2 Å². The summed E-state index contributed by atoms with van der Waals surface area (Å²) < 4.78 is 19.2. The number of thioether (sulfide) groups is 5. The molecule has 0 saturated carbocycles. The van der Waals surface area contributed by atoms with Crippen LogP contribution in [0.4, 0.5) is 0 Å². The van der Waals surface area contributed by atoms with Crippen LogP contribution in [0, 0.1) is 6.92 Å². The third kappa shape index (κ3) is 14.5. The third-order valence-corrected chi connectivity index (χ3v) is 14.9. The van der Waals surface area contributed by atoms with Crippen molar-refractivity contribution < 1.29 is 43.9 Å². The summed E-state index contributed by atoms with van der Waals surface area (Å²) in [6.45, 7) is -3.04. The first-order valence-electron chi connectivity index (χ1n) is 15.6. The molecule has 0 spiro atoms. The lowest BCUT2D eigenvalue weighted by molar-refractivity contribution is -0.147. The molecule has 29 heteroatoms. The number of aryl methyl sites for hydroxylation is 1. The number of nitrogens with zero attached hydrogens (tertiary/aromatic N) is 9. The molecule has 0 radical (unpaired) electrons. The molecular formula is C27H33N9O12S8. The standard InChI is InChI=1S/C27H33N9O12S8/c1-13-28-31-22(54-13)51-10-14(37)7-46-17(40)4-34-25(43)35(5-18(41)47-8-15(38)11-52-23-32-29-20(49-2)55-23)27(45)36(26(34)44)6-19(42)48-9-16(39)12-53-24-33-30-21(50-3)56-24/h14-16,37-39H,4-12H2,1-3H3. The van der Waals surface area contributed by atoms with E-state index < -0.39 is 92.7 Å². The summed E-state index contributed by atoms with van der Waals surface area (Å²) >= 11 is 10.2. The highest BCUT2D eigenvalue weighted by molar-refractivity contribution is 8.03. The number of carbonyl (C=O) groups excluding carboxylic acids is 3. The molecule has 0 aliphatic rings. The van der Waals surface area contributed by atoms with E-state index in [0.29, 0.717) is 13.0 Å². The normalized spacial score (nSPS) is 13.0. The second kappa shape index (κ2) is 22.9. The summed E-state index contributed by atoms with van der Waals surface area (Å²) in [4.78, 5) is 78.4. The maximum absolute atomic E-state index is 13.4. The Bertz CT molecular complexity index is 2010. The smallest absolute Gasteiger partial charge is 0.337 e. The Labute approximate surface area is 349 Å². The number of carbonyl (C=O) groups is 3. The number of aromatic nitrogens is 9. The predicted molar refractivity (Wildman–Crippen MR) is 210 cm³/mol. The van der Waals surface area contributed by atoms with Gasteiger partial charge < -0.3 is 29.5 Å². The second-order valence-corrected chi connectivity index (χ2v) is 19.8. The van der Waals surface area contributed by atoms with Gasteiger partial charge in [-0.05, 0) is 19.4 Å². The van der Waals surface area contributed by atoms with Crippen LogP contribution in [0.2, 0.25) is 0 Å². The molecule has 3 atom stereocenters. The Balaban J connectivity index is 1.42. The summed E-state index contributed by atoms with van der Waals surface area (Å²) in [5.74, 6) is -3.27. The van der Waals surface area contributed by atoms with Gasteiger partial charge in [0.15, 0.2) is 21.7 Å². The molecule has 3 unspecified atom stereocenters. The molecule has 56 heavy (non-hydrogen) atoms. The highest BCUT2D eigenvalue weighted by atomic mass is 32.2. The Morgan fingerprint density at radius 1 is 0.554 bits per heavy atom. The average Bonchev–Trinajstić information content (AvgIpc) is 3.96. The summed E-state index contributed by atoms with van der Waals surface area (Å²) in [5.41, 5.74) is -4.23. The van der Waals surface area contributed by atoms with E-state index in [9.17, 15) is 44.1 Å². The Morgan fingerprint density at radius 3 is 1.14 bits per heavy atom. The first kappa shape index (κ1) is 45.8. The quantitative estimate of drug-likeness (QED) is 0.0483. The van der Waals surface area contributed by atoms with Gasteiger partial charge in [-0.15, -0.1) is 30.6 Å². The molecule has 0 amide bonds. The Hall–Kier alpha value is -2.87. The van der Waals surface area contributed by atoms with Gasteiger partial charge in [-0.3, -0.25) is 14.4 Å². The van der Waals surface area contributed by atoms with Crippen molar-refractivity contribution in [2.24, 2.45) is 0 Å². The van der Waals surface area contributed by atoms with E-state index in [2.05, 4.69) is 30.6 Å². The number of esters is 3. The number of hydrogen-bond donors (Lipinski definition) is 3. The number of aliphatic hydroxyl groups excluding tert-OH is 3. The number of rotatable bonds is 23. The first-order valence-corrected chi connectivity index (χ1v) is 23.5. The summed E-state index contributed by atoms with van der Waals surface area (Å²) in [6, 6.07) is 0. The topological polar surface area (TPSA) is 283 Å². The van der Waals surface area contributed by atoms with Crippen LogP contribution in [-0.4, -0.2) is 145 Å². The van der Waals surface area contributed by atoms with Crippen molar-refractivity contribution in [2.75, 3.05) is 49.6 Å². The molecule has 4 aromatic heterocycles. The monoisotopic (exact) mass is 931 g/mol. The van der Waals surface area contributed by atoms with Crippen molar-refractivity contribution >= 4 is 111 Å². The van der Waals surface area contributed by atoms with Gasteiger partial charge in [0, 0.05) is 17.3 Å². The number of hydrogen-bond acceptors (Lipinski definition) is 26. The Morgan fingerprint density at radius 2 is 0.857 bits per heavy atom. The van der Waals surface area contributed by atoms with E-state index in [1.54, 1.807) is 6.92 Å². The Kier molecular flexibility index (Phi) is 18.7. The molecule has 0 aliphatic carbocycles. The largest absolute Gasteiger partial charge is 0.462 e. The van der Waals surface area contributed by atoms with Crippen molar-refractivity contribution in [3.63, 3.8) is 0 Å². The third-order valence-electron chi connectivity index (χ3n) is 6.39. The van der Waals surface area contributed by atoms with Crippen LogP contribution in [0.15, 0.2) is 36.1 Å². The average molecular weight is 932 g/mol. The second-order valence-electron chi connectivity index (χ2n) is 10.7. The highest BCUT2D eigenvalue weighted by Gasteiger charge is 2.24. The molecule has 0 saturated heterocycles. The van der Waals surface area contributed by atoms with Gasteiger partial charge in [-0.1, -0.05) is 92.8 Å². The summed E-state index contributed by atoms with van der Waals surface area (Å²) in [5, 5.41) is 55.2. The van der Waals surface area contributed by atoms with Crippen LogP contribution in [-0.2, 0) is 48.2 Å². The molecule has 306 valence electrons. The van der Waals surface area contributed by atoms with Gasteiger partial charge in [-0.2, -0.15) is 0 Å². The maximum atomic E-state index is 13.4. The van der Waals surface area contributed by atoms with Crippen LogP contribution in [0.3, 0.4) is 0 Å². The van der Waals surface area contributed by atoms with Gasteiger partial charge in [0.25, 0.3) is 0 Å². The molecular weight excluding hydrogens is 899 g/mol. The molecule has 0 bridgehead atoms. The summed E-state index contributed by atoms with van der Waals surface area (Å²) in [7, 11) is 0. The fourth-order valence-corrected chi connectivity index (χ4v) is 10.3. The van der Waals surface area contributed by atoms with E-state index in [1.807, 2.05) is 12.5 Å². The van der Waals surface area contributed by atoms with E-state index >= 15 is 0 Å². The van der Waals surface area contributed by atoms with Crippen molar-refractivity contribution in [3.8, 4) is 0 Å². The van der Waals surface area contributed by atoms with Crippen molar-refractivity contribution in [3.05, 3.63) is 36.5 Å². The van der Waals surface area contributed by atoms with Crippen LogP contribution in [0.1, 0.15) is 5.01 Å². The first-order chi connectivity index (χ1) is 26.8. The molecule has 0 fully saturated rings. The van der Waals surface area contributed by atoms with Crippen molar-refractivity contribution in [1.82, 2.24) is 44.3 Å². The van der Waals surface area contributed by atoms with Gasteiger partial charge >= 0.3 is 35.0 Å². The molecule has 4 heterocycles. The van der Waals surface area contributed by atoms with Gasteiger partial charge in [-0.25, -0.2) is 28.1 Å². The molecule has 0 aromatic carbocycles. The van der Waals surface area contributed by atoms with Gasteiger partial charge in [0.1, 0.15) is 44.5 Å². The van der Waals surface area contributed by atoms with Crippen molar-refractivity contribution in [2.45, 2.75) is 66.6 Å². The van der Waals surface area contributed by atoms with Gasteiger partial charge in [0.2, 0.25) is 0 Å². The highest BCUT2D eigenvalue weighted by Crippen LogP contribution is 2.28. The lowest BCUT2D eigenvalue weighted by Gasteiger charge is -2.15. The van der Waals surface area contributed by atoms with E-state index in [0.717, 1.165) is 13.7 Å². The van der Waals surface area contributed by atoms with Gasteiger partial charge in [0.05, 0.1) is 18.3 Å². The minimum Gasteiger partial charge on any atom is -0.462 e. The lowest BCUT2D eigenvalue weighted by Crippen LogP contribution is -2.56. The zero-order valence-corrected chi connectivity index (χ0v) is 35.9. The number of ether oxygens (including phenoxy) is 3. The van der Waals surface area contributed by atoms with Crippen LogP contribution < -0.4 is 17.1 Å². The SMILES string of the molecule is CSc1nnc(SCC(O)COC(=O)Cn2c(=O)n(CC(=O)OCC(O)CSc3nnc(C)s3)c(=O)n(CC(=O)OCC(O)CSc3nnc(SC)s3)c2=O)s1. The zero-order valence-electron chi connectivity index (χ0n) is 29.4. The van der Waals surface area contributed by atoms with Crippen LogP contribution in [0.25, 0.3) is 0 Å². The minimum atomic E-state index is -1.41. The fraction of sp³-hybridized carbons (Fsp3) is 0.556. The zero-order chi connectivity index (χ0) is 40.8. The molecule has 0 aliphatic heterocycles. The predicted octanol–water partition coefficient (Wildman–Crippen LogP) is -0.432. The van der Waals surface area contributed by atoms with Crippen molar-refractivity contribution in [1.29, 1.82) is 0 Å². The minimum absolute atomic E-state index is 0.0712. The molecule has 4 rings (SSSR count). The van der Waals surface area contributed by atoms with Crippen LogP contribution >= 0.6 is 92.8 Å². The summed E-state index contributed by atoms with van der Waals surface area (Å²) in [6.07, 6.45) is 0.157. The number of aliphatic hydroxyl groups is 3. The van der Waals surface area contributed by atoms with E-state index in [-0.39, 0.29) is 31.0 Å². The molecule has 21 nitrogen and oxygen atoms in total. The fourth-order valence-electron chi connectivity index (χ4n) is 3.84. The molecule has 3 N–H and O–H groups in total. The van der Waals surface area contributed by atoms with E-state index in [1.165, 1.54) is 92.8 Å². The molecule has 4 aromatic rings. The maximum Gasteiger partial charge on any atom is 0.337 e. The van der Waals surface area contributed by atoms with Crippen LogP contribution in [0.5, 0.6) is 0 Å².